The van der Waals surface area contributed by atoms with Gasteiger partial charge in [-0.2, -0.15) is 13.2 Å². The number of carbonyl (C=O) groups excluding carboxylic acids is 1. The van der Waals surface area contributed by atoms with Gasteiger partial charge in [0.15, 0.2) is 11.5 Å². The lowest BCUT2D eigenvalue weighted by atomic mass is 10.0. The van der Waals surface area contributed by atoms with E-state index in [0.29, 0.717) is 6.41 Å². The van der Waals surface area contributed by atoms with E-state index in [2.05, 4.69) is 17.6 Å². The van der Waals surface area contributed by atoms with E-state index in [1.54, 1.807) is 0 Å². The van der Waals surface area contributed by atoms with Gasteiger partial charge in [0.1, 0.15) is 6.61 Å². The molecule has 0 aromatic heterocycles. The lowest BCUT2D eigenvalue weighted by Gasteiger charge is -2.19. The molecule has 0 spiro atoms. The zero-order chi connectivity index (χ0) is 26.1. The first kappa shape index (κ1) is 30.0. The van der Waals surface area contributed by atoms with Crippen molar-refractivity contribution in [1.82, 2.24) is 10.6 Å². The topological polar surface area (TPSA) is 59.6 Å². The normalized spacial score (nSPS) is 11.3. The minimum atomic E-state index is -4.63. The Morgan fingerprint density at radius 3 is 2.26 bits per heavy atom. The predicted molar refractivity (Wildman–Crippen MR) is 134 cm³/mol. The van der Waals surface area contributed by atoms with Crippen LogP contribution in [0, 0.1) is 0 Å². The molecule has 2 rings (SSSR count). The third kappa shape index (κ3) is 10.9. The second kappa shape index (κ2) is 16.6. The molecule has 5 nitrogen and oxygen atoms in total. The van der Waals surface area contributed by atoms with E-state index < -0.39 is 11.7 Å². The molecular formula is C27H37F3N2O3. The Labute approximate surface area is 206 Å². The first-order valence-electron chi connectivity index (χ1n) is 11.8. The first-order chi connectivity index (χ1) is 16.8. The van der Waals surface area contributed by atoms with Gasteiger partial charge in [-0.05, 0) is 44.6 Å². The Morgan fingerprint density at radius 2 is 1.71 bits per heavy atom. The fourth-order valence-corrected chi connectivity index (χ4v) is 3.31. The maximum absolute atomic E-state index is 13.4. The highest BCUT2D eigenvalue weighted by molar-refractivity contribution is 5.77. The number of halogens is 3. The van der Waals surface area contributed by atoms with Crippen molar-refractivity contribution < 1.29 is 27.4 Å². The number of amides is 1. The highest BCUT2D eigenvalue weighted by Gasteiger charge is 2.35. The summed E-state index contributed by atoms with van der Waals surface area (Å²) in [6.45, 7) is 5.12. The molecule has 0 bridgehead atoms. The molecule has 0 saturated carbocycles. The standard InChI is InChI=1S/C19H18F3NO3.C8H19N/c1-3-16(23-12-24)14-9-18(26-11-13-7-5-4-6-8-13)17(25-2)10-15(14)19(20,21)22;1-3-4-5-6-7-8-9-2/h3-10,12H,11H2,1-2H3,(H,23,24);9H,3-8H2,1-2H3/b16-3+;. The number of benzene rings is 2. The van der Waals surface area contributed by atoms with Gasteiger partial charge < -0.3 is 20.1 Å². The van der Waals surface area contributed by atoms with Crippen LogP contribution in [0.2, 0.25) is 0 Å². The number of allylic oxidation sites excluding steroid dienone is 1. The molecule has 194 valence electrons. The van der Waals surface area contributed by atoms with E-state index >= 15 is 0 Å². The van der Waals surface area contributed by atoms with Gasteiger partial charge >= 0.3 is 6.18 Å². The number of hydrogen-bond acceptors (Lipinski definition) is 4. The lowest BCUT2D eigenvalue weighted by molar-refractivity contribution is -0.138. The molecule has 0 aliphatic heterocycles. The molecule has 2 aromatic rings. The van der Waals surface area contributed by atoms with E-state index in [9.17, 15) is 18.0 Å². The minimum Gasteiger partial charge on any atom is -0.493 e. The van der Waals surface area contributed by atoms with Crippen LogP contribution < -0.4 is 20.1 Å². The van der Waals surface area contributed by atoms with Crippen LogP contribution in [0.15, 0.2) is 48.5 Å². The molecular weight excluding hydrogens is 457 g/mol. The number of alkyl halides is 3. The van der Waals surface area contributed by atoms with Gasteiger partial charge in [-0.1, -0.05) is 69.0 Å². The van der Waals surface area contributed by atoms with Gasteiger partial charge in [-0.3, -0.25) is 4.79 Å². The maximum atomic E-state index is 13.4. The van der Waals surface area contributed by atoms with Crippen molar-refractivity contribution >= 4 is 12.1 Å². The third-order valence-electron chi connectivity index (χ3n) is 5.17. The number of hydrogen-bond donors (Lipinski definition) is 2. The molecule has 35 heavy (non-hydrogen) atoms. The van der Waals surface area contributed by atoms with Gasteiger partial charge in [-0.25, -0.2) is 0 Å². The summed E-state index contributed by atoms with van der Waals surface area (Å²) in [4.78, 5) is 10.7. The summed E-state index contributed by atoms with van der Waals surface area (Å²) >= 11 is 0. The Kier molecular flexibility index (Phi) is 14.2. The van der Waals surface area contributed by atoms with Crippen LogP contribution in [0.25, 0.3) is 5.70 Å². The van der Waals surface area contributed by atoms with E-state index in [-0.39, 0.29) is 29.4 Å². The highest BCUT2D eigenvalue weighted by atomic mass is 19.4. The monoisotopic (exact) mass is 494 g/mol. The van der Waals surface area contributed by atoms with Crippen molar-refractivity contribution in [3.63, 3.8) is 0 Å². The van der Waals surface area contributed by atoms with Gasteiger partial charge in [0, 0.05) is 11.3 Å². The van der Waals surface area contributed by atoms with Crippen molar-refractivity contribution in [1.29, 1.82) is 0 Å². The van der Waals surface area contributed by atoms with Gasteiger partial charge in [-0.15, -0.1) is 0 Å². The molecule has 0 atom stereocenters. The zero-order valence-corrected chi connectivity index (χ0v) is 21.0. The molecule has 2 N–H and O–H groups in total. The summed E-state index contributed by atoms with van der Waals surface area (Å²) in [5, 5.41) is 5.43. The summed E-state index contributed by atoms with van der Waals surface area (Å²) < 4.78 is 51.1. The molecule has 8 heteroatoms. The van der Waals surface area contributed by atoms with Gasteiger partial charge in [0.25, 0.3) is 0 Å². The number of nitrogens with one attached hydrogen (secondary N) is 2. The van der Waals surface area contributed by atoms with Crippen LogP contribution in [-0.2, 0) is 17.6 Å². The second-order valence-electron chi connectivity index (χ2n) is 7.80. The smallest absolute Gasteiger partial charge is 0.417 e. The molecule has 0 radical (unpaired) electrons. The van der Waals surface area contributed by atoms with Crippen molar-refractivity contribution in [2.75, 3.05) is 20.7 Å². The lowest BCUT2D eigenvalue weighted by Crippen LogP contribution is -2.16. The highest BCUT2D eigenvalue weighted by Crippen LogP contribution is 2.41. The van der Waals surface area contributed by atoms with Crippen LogP contribution in [-0.4, -0.2) is 27.1 Å². The second-order valence-corrected chi connectivity index (χ2v) is 7.80. The quantitative estimate of drug-likeness (QED) is 0.244. The van der Waals surface area contributed by atoms with Crippen LogP contribution in [0.1, 0.15) is 62.6 Å². The Hall–Kier alpha value is -3.00. The Balaban J connectivity index is 0.000000579. The number of carbonyl (C=O) groups is 1. The maximum Gasteiger partial charge on any atom is 0.417 e. The molecule has 2 aromatic carbocycles. The van der Waals surface area contributed by atoms with Crippen LogP contribution in [0.4, 0.5) is 13.2 Å². The van der Waals surface area contributed by atoms with Crippen molar-refractivity contribution in [2.24, 2.45) is 0 Å². The minimum absolute atomic E-state index is 0.0274. The summed E-state index contributed by atoms with van der Waals surface area (Å²) in [6, 6.07) is 11.3. The van der Waals surface area contributed by atoms with E-state index in [1.165, 1.54) is 64.8 Å². The SMILES string of the molecule is C/C=C(/NC=O)c1cc(OCc2ccccc2)c(OC)cc1C(F)(F)F.CCCCCCCNC. The summed E-state index contributed by atoms with van der Waals surface area (Å²) in [7, 11) is 3.28. The van der Waals surface area contributed by atoms with Gasteiger partial charge in [0.05, 0.1) is 12.7 Å². The molecule has 0 saturated heterocycles. The molecule has 0 aliphatic rings. The van der Waals surface area contributed by atoms with Crippen LogP contribution >= 0.6 is 0 Å². The van der Waals surface area contributed by atoms with E-state index in [1.807, 2.05) is 37.4 Å². The molecule has 0 aliphatic carbocycles. The summed E-state index contributed by atoms with van der Waals surface area (Å²) in [5.41, 5.74) is -0.243. The number of rotatable bonds is 13. The number of methoxy groups -OCH3 is 1. The van der Waals surface area contributed by atoms with Crippen LogP contribution in [0.5, 0.6) is 11.5 Å². The Morgan fingerprint density at radius 1 is 1.03 bits per heavy atom. The molecule has 1 amide bonds. The average Bonchev–Trinajstić information content (AvgIpc) is 2.86. The van der Waals surface area contributed by atoms with Crippen molar-refractivity contribution in [3.05, 3.63) is 65.2 Å². The fraction of sp³-hybridized carbons (Fsp3) is 0.444. The summed E-state index contributed by atoms with van der Waals surface area (Å²) in [5.74, 6) is 0.102. The Bertz CT molecular complexity index is 895. The molecule has 0 unspecified atom stereocenters. The first-order valence-corrected chi connectivity index (χ1v) is 11.8. The number of unbranched alkanes of at least 4 members (excludes halogenated alkanes) is 4. The number of ether oxygens (including phenoxy) is 2. The third-order valence-corrected chi connectivity index (χ3v) is 5.17. The summed E-state index contributed by atoms with van der Waals surface area (Å²) in [6.07, 6.45) is 3.99. The van der Waals surface area contributed by atoms with E-state index in [0.717, 1.165) is 11.6 Å². The van der Waals surface area contributed by atoms with Crippen molar-refractivity contribution in [3.8, 4) is 11.5 Å². The fourth-order valence-electron chi connectivity index (χ4n) is 3.31. The average molecular weight is 495 g/mol. The van der Waals surface area contributed by atoms with Gasteiger partial charge in [0.2, 0.25) is 6.41 Å². The van der Waals surface area contributed by atoms with E-state index in [4.69, 9.17) is 9.47 Å². The zero-order valence-electron chi connectivity index (χ0n) is 21.0. The predicted octanol–water partition coefficient (Wildman–Crippen LogP) is 6.58. The molecule has 0 heterocycles. The van der Waals surface area contributed by atoms with Crippen molar-refractivity contribution in [2.45, 2.75) is 58.7 Å². The van der Waals surface area contributed by atoms with Crippen LogP contribution in [0.3, 0.4) is 0 Å². The largest absolute Gasteiger partial charge is 0.493 e. The molecule has 0 fully saturated rings.